The van der Waals surface area contributed by atoms with Crippen molar-refractivity contribution in [2.24, 2.45) is 0 Å². The predicted octanol–water partition coefficient (Wildman–Crippen LogP) is 4.23. The lowest BCUT2D eigenvalue weighted by molar-refractivity contribution is -0.129. The maximum absolute atomic E-state index is 11.5. The Morgan fingerprint density at radius 3 is 2.05 bits per heavy atom. The molecule has 2 heteroatoms. The first-order valence-electron chi connectivity index (χ1n) is 6.17. The maximum Gasteiger partial charge on any atom is 0.336 e. The largest absolute Gasteiger partial charge is 0.423 e. The smallest absolute Gasteiger partial charge is 0.336 e. The summed E-state index contributed by atoms with van der Waals surface area (Å²) in [5, 5.41) is 0. The first-order chi connectivity index (χ1) is 9.15. The molecule has 2 aromatic rings. The highest BCUT2D eigenvalue weighted by Crippen LogP contribution is 2.22. The van der Waals surface area contributed by atoms with Gasteiger partial charge in [0.05, 0.1) is 0 Å². The number of carbonyl (C=O) groups excluding carboxylic acids is 1. The fourth-order valence-corrected chi connectivity index (χ4v) is 1.73. The van der Waals surface area contributed by atoms with Crippen molar-refractivity contribution in [3.05, 3.63) is 66.2 Å². The molecule has 0 saturated heterocycles. The van der Waals surface area contributed by atoms with Gasteiger partial charge in [0.25, 0.3) is 0 Å². The molecule has 0 aliphatic carbocycles. The molecule has 0 aliphatic rings. The van der Waals surface area contributed by atoms with Crippen LogP contribution in [-0.4, -0.2) is 5.97 Å². The summed E-state index contributed by atoms with van der Waals surface area (Å²) in [6.45, 7) is 3.72. The second-order valence-corrected chi connectivity index (χ2v) is 4.53. The number of hydrogen-bond acceptors (Lipinski definition) is 2. The Morgan fingerprint density at radius 2 is 1.47 bits per heavy atom. The first kappa shape index (κ1) is 13.1. The minimum absolute atomic E-state index is 0.340. The quantitative estimate of drug-likeness (QED) is 0.464. The molecule has 0 amide bonds. The molecule has 0 heterocycles. The predicted molar refractivity (Wildman–Crippen MR) is 76.9 cm³/mol. The highest BCUT2D eigenvalue weighted by Gasteiger charge is 2.02. The molecule has 0 aromatic heterocycles. The summed E-state index contributed by atoms with van der Waals surface area (Å²) >= 11 is 0. The molecule has 0 aliphatic heterocycles. The van der Waals surface area contributed by atoms with Crippen molar-refractivity contribution >= 4 is 5.97 Å². The lowest BCUT2D eigenvalue weighted by atomic mass is 10.1. The Morgan fingerprint density at radius 1 is 0.895 bits per heavy atom. The summed E-state index contributed by atoms with van der Waals surface area (Å²) in [4.78, 5) is 11.5. The minimum Gasteiger partial charge on any atom is -0.423 e. The fourth-order valence-electron chi connectivity index (χ4n) is 1.73. The van der Waals surface area contributed by atoms with Crippen LogP contribution in [0, 0.1) is 0 Å². The first-order valence-corrected chi connectivity index (χ1v) is 6.17. The zero-order chi connectivity index (χ0) is 13.7. The number of hydrogen-bond donors (Lipinski definition) is 0. The van der Waals surface area contributed by atoms with Gasteiger partial charge < -0.3 is 4.74 Å². The van der Waals surface area contributed by atoms with Gasteiger partial charge in [-0.2, -0.15) is 0 Å². The number of allylic oxidation sites excluding steroid dienone is 1. The SMILES string of the molecule is CC(C)=CC(=O)Oc1ccc(-c2ccccc2)cc1. The zero-order valence-electron chi connectivity index (χ0n) is 11.1. The molecule has 2 aromatic carbocycles. The summed E-state index contributed by atoms with van der Waals surface area (Å²) in [6.07, 6.45) is 1.48. The van der Waals surface area contributed by atoms with E-state index in [4.69, 9.17) is 4.74 Å². The summed E-state index contributed by atoms with van der Waals surface area (Å²) < 4.78 is 5.20. The van der Waals surface area contributed by atoms with E-state index in [1.165, 1.54) is 6.08 Å². The topological polar surface area (TPSA) is 26.3 Å². The minimum atomic E-state index is -0.340. The third kappa shape index (κ3) is 3.81. The monoisotopic (exact) mass is 252 g/mol. The summed E-state index contributed by atoms with van der Waals surface area (Å²) in [5.74, 6) is 0.217. The summed E-state index contributed by atoms with van der Waals surface area (Å²) in [5.41, 5.74) is 3.16. The van der Waals surface area contributed by atoms with Gasteiger partial charge in [-0.25, -0.2) is 4.79 Å². The van der Waals surface area contributed by atoms with Crippen LogP contribution in [0.5, 0.6) is 5.75 Å². The molecule has 0 fully saturated rings. The Balaban J connectivity index is 2.11. The van der Waals surface area contributed by atoms with E-state index in [0.29, 0.717) is 5.75 Å². The van der Waals surface area contributed by atoms with E-state index < -0.39 is 0 Å². The Hall–Kier alpha value is -2.35. The van der Waals surface area contributed by atoms with Gasteiger partial charge in [-0.3, -0.25) is 0 Å². The van der Waals surface area contributed by atoms with Gasteiger partial charge in [-0.1, -0.05) is 48.0 Å². The van der Waals surface area contributed by atoms with E-state index in [9.17, 15) is 4.79 Å². The van der Waals surface area contributed by atoms with E-state index in [2.05, 4.69) is 0 Å². The Kier molecular flexibility index (Phi) is 4.14. The standard InChI is InChI=1S/C17H16O2/c1-13(2)12-17(18)19-16-10-8-15(9-11-16)14-6-4-3-5-7-14/h3-12H,1-2H3. The molecule has 0 spiro atoms. The van der Waals surface area contributed by atoms with Crippen molar-refractivity contribution in [3.8, 4) is 16.9 Å². The van der Waals surface area contributed by atoms with Crippen molar-refractivity contribution in [2.45, 2.75) is 13.8 Å². The molecule has 2 rings (SSSR count). The molecule has 0 unspecified atom stereocenters. The highest BCUT2D eigenvalue weighted by atomic mass is 16.5. The van der Waals surface area contributed by atoms with Gasteiger partial charge in [0.2, 0.25) is 0 Å². The molecule has 2 nitrogen and oxygen atoms in total. The van der Waals surface area contributed by atoms with Crippen molar-refractivity contribution in [1.29, 1.82) is 0 Å². The molecule has 0 N–H and O–H groups in total. The van der Waals surface area contributed by atoms with Crippen LogP contribution in [0.1, 0.15) is 13.8 Å². The number of ether oxygens (including phenoxy) is 1. The molecule has 0 saturated carbocycles. The molecule has 96 valence electrons. The highest BCUT2D eigenvalue weighted by molar-refractivity contribution is 5.84. The van der Waals surface area contributed by atoms with E-state index in [-0.39, 0.29) is 5.97 Å². The van der Waals surface area contributed by atoms with Gasteiger partial charge in [0.15, 0.2) is 0 Å². The Bertz CT molecular complexity index is 576. The molecular weight excluding hydrogens is 236 g/mol. The van der Waals surface area contributed by atoms with Crippen LogP contribution < -0.4 is 4.74 Å². The number of benzene rings is 2. The average Bonchev–Trinajstić information content (AvgIpc) is 2.39. The Labute approximate surface area is 113 Å². The third-order valence-electron chi connectivity index (χ3n) is 2.59. The summed E-state index contributed by atoms with van der Waals surface area (Å²) in [7, 11) is 0. The second-order valence-electron chi connectivity index (χ2n) is 4.53. The maximum atomic E-state index is 11.5. The van der Waals surface area contributed by atoms with Gasteiger partial charge in [-0.05, 0) is 37.1 Å². The van der Waals surface area contributed by atoms with Crippen molar-refractivity contribution < 1.29 is 9.53 Å². The molecule has 0 radical (unpaired) electrons. The summed E-state index contributed by atoms with van der Waals surface area (Å²) in [6, 6.07) is 17.6. The van der Waals surface area contributed by atoms with Crippen LogP contribution in [0.3, 0.4) is 0 Å². The molecule has 0 bridgehead atoms. The van der Waals surface area contributed by atoms with Gasteiger partial charge >= 0.3 is 5.97 Å². The van der Waals surface area contributed by atoms with Crippen molar-refractivity contribution in [2.75, 3.05) is 0 Å². The fraction of sp³-hybridized carbons (Fsp3) is 0.118. The molecular formula is C17H16O2. The lowest BCUT2D eigenvalue weighted by Gasteiger charge is -2.04. The average molecular weight is 252 g/mol. The van der Waals surface area contributed by atoms with Crippen molar-refractivity contribution in [3.63, 3.8) is 0 Å². The van der Waals surface area contributed by atoms with Crippen LogP contribution in [0.15, 0.2) is 66.2 Å². The van der Waals surface area contributed by atoms with Crippen molar-refractivity contribution in [1.82, 2.24) is 0 Å². The van der Waals surface area contributed by atoms with Crippen LogP contribution in [0.2, 0.25) is 0 Å². The zero-order valence-corrected chi connectivity index (χ0v) is 11.1. The van der Waals surface area contributed by atoms with Crippen LogP contribution in [0.4, 0.5) is 0 Å². The number of rotatable bonds is 3. The van der Waals surface area contributed by atoms with Crippen LogP contribution >= 0.6 is 0 Å². The van der Waals surface area contributed by atoms with Gasteiger partial charge in [0.1, 0.15) is 5.75 Å². The van der Waals surface area contributed by atoms with Crippen LogP contribution in [0.25, 0.3) is 11.1 Å². The number of carbonyl (C=O) groups is 1. The second kappa shape index (κ2) is 6.01. The van der Waals surface area contributed by atoms with E-state index in [1.807, 2.05) is 56.3 Å². The van der Waals surface area contributed by atoms with E-state index >= 15 is 0 Å². The van der Waals surface area contributed by atoms with E-state index in [0.717, 1.165) is 16.7 Å². The third-order valence-corrected chi connectivity index (χ3v) is 2.59. The van der Waals surface area contributed by atoms with Gasteiger partial charge in [-0.15, -0.1) is 0 Å². The molecule has 19 heavy (non-hydrogen) atoms. The van der Waals surface area contributed by atoms with Crippen LogP contribution in [-0.2, 0) is 4.79 Å². The van der Waals surface area contributed by atoms with E-state index in [1.54, 1.807) is 12.1 Å². The normalized spacial score (nSPS) is 9.79. The molecule has 0 atom stereocenters. The lowest BCUT2D eigenvalue weighted by Crippen LogP contribution is -2.04. The van der Waals surface area contributed by atoms with Gasteiger partial charge in [0, 0.05) is 6.08 Å². The number of esters is 1.